The van der Waals surface area contributed by atoms with Gasteiger partial charge in [-0.2, -0.15) is 0 Å². The summed E-state index contributed by atoms with van der Waals surface area (Å²) < 4.78 is 37.9. The van der Waals surface area contributed by atoms with Gasteiger partial charge >= 0.3 is 5.97 Å². The van der Waals surface area contributed by atoms with E-state index < -0.39 is 65.9 Å². The van der Waals surface area contributed by atoms with Crippen LogP contribution in [-0.4, -0.2) is 67.3 Å². The van der Waals surface area contributed by atoms with Crippen molar-refractivity contribution in [1.29, 1.82) is 0 Å². The minimum Gasteiger partial charge on any atom is -0.496 e. The molecule has 1 aromatic heterocycles. The Morgan fingerprint density at radius 1 is 1.00 bits per heavy atom. The third-order valence-electron chi connectivity index (χ3n) is 6.32. The van der Waals surface area contributed by atoms with Crippen LogP contribution in [-0.2, 0) is 19.1 Å². The molecule has 0 fully saturated rings. The van der Waals surface area contributed by atoms with Gasteiger partial charge in [-0.3, -0.25) is 19.2 Å². The van der Waals surface area contributed by atoms with Crippen LogP contribution in [0.4, 0.5) is 8.78 Å². The van der Waals surface area contributed by atoms with Gasteiger partial charge in [0.05, 0.1) is 19.7 Å². The van der Waals surface area contributed by atoms with Gasteiger partial charge in [0.2, 0.25) is 11.8 Å². The maximum absolute atomic E-state index is 13.9. The van der Waals surface area contributed by atoms with Gasteiger partial charge in [0.25, 0.3) is 5.91 Å². The molecule has 13 heteroatoms. The van der Waals surface area contributed by atoms with Gasteiger partial charge in [0.15, 0.2) is 12.4 Å². The number of H-pyrrole nitrogens is 1. The second kappa shape index (κ2) is 14.7. The lowest BCUT2D eigenvalue weighted by molar-refractivity contribution is -0.131. The molecule has 0 aliphatic heterocycles. The van der Waals surface area contributed by atoms with Gasteiger partial charge in [-0.25, -0.2) is 13.6 Å². The zero-order valence-electron chi connectivity index (χ0n) is 23.3. The van der Waals surface area contributed by atoms with Gasteiger partial charge in [0, 0.05) is 23.4 Å². The lowest BCUT2D eigenvalue weighted by atomic mass is 9.97. The average molecular weight is 587 g/mol. The van der Waals surface area contributed by atoms with Gasteiger partial charge in [-0.05, 0) is 43.2 Å². The van der Waals surface area contributed by atoms with Gasteiger partial charge in [0.1, 0.15) is 28.6 Å². The number of fused-ring (bicyclic) bond motifs is 1. The van der Waals surface area contributed by atoms with Crippen molar-refractivity contribution in [3.63, 3.8) is 0 Å². The largest absolute Gasteiger partial charge is 0.496 e. The normalized spacial score (nSPS) is 12.2. The van der Waals surface area contributed by atoms with Crippen LogP contribution >= 0.6 is 0 Å². The van der Waals surface area contributed by atoms with Crippen molar-refractivity contribution >= 4 is 40.4 Å². The van der Waals surface area contributed by atoms with Crippen molar-refractivity contribution in [3.8, 4) is 5.75 Å². The molecule has 0 radical (unpaired) electrons. The molecule has 0 bridgehead atoms. The maximum Gasteiger partial charge on any atom is 0.344 e. The number of rotatable bonds is 14. The van der Waals surface area contributed by atoms with E-state index in [9.17, 15) is 32.8 Å². The monoisotopic (exact) mass is 586 g/mol. The highest BCUT2D eigenvalue weighted by atomic mass is 19.1. The van der Waals surface area contributed by atoms with Gasteiger partial charge < -0.3 is 30.4 Å². The topological polar surface area (TPSA) is 156 Å². The minimum atomic E-state index is -1.40. The molecule has 0 saturated heterocycles. The summed E-state index contributed by atoms with van der Waals surface area (Å²) in [4.78, 5) is 65.9. The second-order valence-electron chi connectivity index (χ2n) is 9.47. The number of benzene rings is 2. The van der Waals surface area contributed by atoms with E-state index in [1.165, 1.54) is 7.11 Å². The Labute approximate surface area is 240 Å². The van der Waals surface area contributed by atoms with E-state index in [4.69, 9.17) is 9.47 Å². The number of hydrogen-bond acceptors (Lipinski definition) is 7. The summed E-state index contributed by atoms with van der Waals surface area (Å²) >= 11 is 0. The predicted molar refractivity (Wildman–Crippen MR) is 148 cm³/mol. The third kappa shape index (κ3) is 8.12. The van der Waals surface area contributed by atoms with Crippen LogP contribution in [0.1, 0.15) is 47.5 Å². The Morgan fingerprint density at radius 2 is 1.69 bits per heavy atom. The van der Waals surface area contributed by atoms with E-state index in [2.05, 4.69) is 20.9 Å². The molecule has 3 amide bonds. The highest BCUT2D eigenvalue weighted by Crippen LogP contribution is 2.26. The Morgan fingerprint density at radius 3 is 2.36 bits per heavy atom. The number of carbonyl (C=O) groups excluding carboxylic acids is 5. The highest BCUT2D eigenvalue weighted by Gasteiger charge is 2.28. The fraction of sp³-hybridized carbons (Fsp3) is 0.345. The number of ketones is 1. The first-order chi connectivity index (χ1) is 20.0. The number of aromatic amines is 1. The summed E-state index contributed by atoms with van der Waals surface area (Å²) in [6.45, 7) is 2.37. The van der Waals surface area contributed by atoms with E-state index in [1.807, 2.05) is 6.92 Å². The molecule has 224 valence electrons. The van der Waals surface area contributed by atoms with Crippen LogP contribution < -0.4 is 20.7 Å². The van der Waals surface area contributed by atoms with E-state index in [-0.39, 0.29) is 18.0 Å². The van der Waals surface area contributed by atoms with Crippen molar-refractivity contribution in [2.75, 3.05) is 26.8 Å². The summed E-state index contributed by atoms with van der Waals surface area (Å²) in [6, 6.07) is 8.28. The fourth-order valence-corrected chi connectivity index (χ4v) is 4.09. The number of methoxy groups -OCH3 is 1. The number of esters is 1. The van der Waals surface area contributed by atoms with Crippen LogP contribution in [0.5, 0.6) is 5.75 Å². The van der Waals surface area contributed by atoms with Crippen LogP contribution in [0, 0.1) is 17.6 Å². The number of ether oxygens (including phenoxy) is 2. The van der Waals surface area contributed by atoms with Crippen molar-refractivity contribution in [3.05, 3.63) is 65.4 Å². The van der Waals surface area contributed by atoms with Crippen molar-refractivity contribution < 1.29 is 42.2 Å². The molecule has 2 unspecified atom stereocenters. The molecule has 3 aromatic rings. The summed E-state index contributed by atoms with van der Waals surface area (Å²) in [7, 11) is 1.50. The van der Waals surface area contributed by atoms with Crippen LogP contribution in [0.15, 0.2) is 42.5 Å². The summed E-state index contributed by atoms with van der Waals surface area (Å²) in [5.41, 5.74) is -0.145. The quantitative estimate of drug-likeness (QED) is 0.212. The smallest absolute Gasteiger partial charge is 0.344 e. The minimum absolute atomic E-state index is 0.165. The number of carbonyl (C=O) groups is 5. The van der Waals surface area contributed by atoms with Crippen LogP contribution in [0.3, 0.4) is 0 Å². The molecule has 42 heavy (non-hydrogen) atoms. The number of amides is 3. The Balaban J connectivity index is 1.66. The molecule has 2 aromatic carbocycles. The van der Waals surface area contributed by atoms with Crippen molar-refractivity contribution in [2.24, 2.45) is 5.92 Å². The summed E-state index contributed by atoms with van der Waals surface area (Å²) in [5, 5.41) is 8.25. The van der Waals surface area contributed by atoms with Crippen molar-refractivity contribution in [2.45, 2.75) is 32.7 Å². The van der Waals surface area contributed by atoms with Crippen molar-refractivity contribution in [1.82, 2.24) is 20.9 Å². The number of hydrogen-bond donors (Lipinski definition) is 4. The molecule has 4 N–H and O–H groups in total. The summed E-state index contributed by atoms with van der Waals surface area (Å²) in [6.07, 6.45) is 0.518. The van der Waals surface area contributed by atoms with Crippen LogP contribution in [0.2, 0.25) is 0 Å². The lowest BCUT2D eigenvalue weighted by Gasteiger charge is -2.21. The molecule has 2 atom stereocenters. The Hall–Kier alpha value is -4.81. The number of Topliss-reactive ketones (excluding diaryl/α,β-unsaturated/α-hetero) is 1. The van der Waals surface area contributed by atoms with Crippen LogP contribution in [0.25, 0.3) is 10.9 Å². The van der Waals surface area contributed by atoms with E-state index >= 15 is 0 Å². The standard InChI is InChI=1S/C29H32F2N4O7/c1-4-11-32-27(38)16(2)12-21(23(36)15-42-29(40)26-18(30)7-5-8-19(26)31)35-25(37)14-33-28(39)22-13-17-20(34-22)9-6-10-24(17)41-3/h5-10,13,16,21,34H,4,11-12,14-15H2,1-3H3,(H,32,38)(H,33,39)(H,35,37). The highest BCUT2D eigenvalue weighted by molar-refractivity contribution is 6.01. The number of nitrogens with one attached hydrogen (secondary N) is 4. The molecule has 3 rings (SSSR count). The SMILES string of the molecule is CCCNC(=O)C(C)CC(NC(=O)CNC(=O)c1cc2c(OC)cccc2[nH]1)C(=O)COC(=O)c1c(F)cccc1F. The number of halogens is 2. The molecular formula is C29H32F2N4O7. The van der Waals surface area contributed by atoms with E-state index in [0.717, 1.165) is 18.2 Å². The summed E-state index contributed by atoms with van der Waals surface area (Å²) in [5.74, 6) is -6.46. The molecule has 11 nitrogen and oxygen atoms in total. The first-order valence-electron chi connectivity index (χ1n) is 13.2. The molecule has 0 spiro atoms. The zero-order chi connectivity index (χ0) is 30.8. The fourth-order valence-electron chi connectivity index (χ4n) is 4.09. The third-order valence-corrected chi connectivity index (χ3v) is 6.32. The molecule has 1 heterocycles. The van der Waals surface area contributed by atoms with E-state index in [1.54, 1.807) is 31.2 Å². The first-order valence-corrected chi connectivity index (χ1v) is 13.2. The molecule has 0 aliphatic carbocycles. The second-order valence-corrected chi connectivity index (χ2v) is 9.47. The molecule has 0 saturated carbocycles. The Kier molecular flexibility index (Phi) is 11.1. The van der Waals surface area contributed by atoms with Gasteiger partial charge in [-0.15, -0.1) is 0 Å². The first kappa shape index (κ1) is 31.7. The maximum atomic E-state index is 13.9. The molecule has 0 aliphatic rings. The van der Waals surface area contributed by atoms with E-state index in [0.29, 0.717) is 29.6 Å². The molecular weight excluding hydrogens is 554 g/mol. The average Bonchev–Trinajstić information content (AvgIpc) is 3.41. The predicted octanol–water partition coefficient (Wildman–Crippen LogP) is 2.65. The zero-order valence-corrected chi connectivity index (χ0v) is 23.3. The van der Waals surface area contributed by atoms with Gasteiger partial charge in [-0.1, -0.05) is 26.0 Å². The number of aromatic nitrogens is 1. The lowest BCUT2D eigenvalue weighted by Crippen LogP contribution is -2.48. The Bertz CT molecular complexity index is 1450.